The number of likely N-dealkylation sites (tertiary alicyclic amines) is 1. The Morgan fingerprint density at radius 3 is 1.58 bits per heavy atom. The van der Waals surface area contributed by atoms with Crippen LogP contribution in [-0.4, -0.2) is 28.9 Å². The molecule has 0 amide bonds. The Morgan fingerprint density at radius 1 is 0.895 bits per heavy atom. The molecule has 4 atom stereocenters. The smallest absolute Gasteiger partial charge is 0.256 e. The van der Waals surface area contributed by atoms with E-state index in [0.29, 0.717) is 6.04 Å². The molecule has 1 fully saturated rings. The molecule has 1 nitrogen and oxygen atoms in total. The van der Waals surface area contributed by atoms with Gasteiger partial charge in [0.2, 0.25) is 0 Å². The van der Waals surface area contributed by atoms with Gasteiger partial charge in [0.1, 0.15) is 0 Å². The largest absolute Gasteiger partial charge is 0.294 e. The number of rotatable bonds is 5. The van der Waals surface area contributed by atoms with E-state index in [1.54, 1.807) is 13.8 Å². The Balaban J connectivity index is 2.98. The van der Waals surface area contributed by atoms with Crippen LogP contribution in [0.15, 0.2) is 0 Å². The summed E-state index contributed by atoms with van der Waals surface area (Å²) in [7, 11) is 0. The van der Waals surface area contributed by atoms with Crippen LogP contribution in [0.2, 0.25) is 0 Å². The van der Waals surface area contributed by atoms with Gasteiger partial charge in [-0.3, -0.25) is 4.90 Å². The average molecular weight is 275 g/mol. The van der Waals surface area contributed by atoms with Crippen LogP contribution in [0, 0.1) is 11.8 Å². The van der Waals surface area contributed by atoms with E-state index in [4.69, 9.17) is 0 Å². The molecule has 19 heavy (non-hydrogen) atoms. The van der Waals surface area contributed by atoms with Crippen molar-refractivity contribution in [3.05, 3.63) is 0 Å². The first kappa shape index (κ1) is 16.9. The summed E-state index contributed by atoms with van der Waals surface area (Å²) in [5.74, 6) is -3.66. The van der Waals surface area contributed by atoms with Gasteiger partial charge in [0.05, 0.1) is 0 Å². The van der Waals surface area contributed by atoms with Crippen molar-refractivity contribution in [2.24, 2.45) is 11.8 Å². The number of piperidine rings is 1. The molecule has 1 saturated heterocycles. The molecular weight excluding hydrogens is 244 g/mol. The molecule has 0 aliphatic carbocycles. The Hall–Kier alpha value is -0.180. The highest BCUT2D eigenvalue weighted by molar-refractivity contribution is 5.00. The topological polar surface area (TPSA) is 3.24 Å². The lowest BCUT2D eigenvalue weighted by atomic mass is 9.76. The third-order valence-corrected chi connectivity index (χ3v) is 5.27. The van der Waals surface area contributed by atoms with Gasteiger partial charge >= 0.3 is 0 Å². The molecule has 0 aromatic carbocycles. The zero-order chi connectivity index (χ0) is 14.8. The van der Waals surface area contributed by atoms with Crippen molar-refractivity contribution in [2.75, 3.05) is 0 Å². The Bertz CT molecular complexity index is 253. The standard InChI is InChI=1S/C16H31F2N/c1-7-9-15(10-8-2)19-13(5)11(3)16(17,18)12(4)14(19)6/h11-15H,7-10H2,1-6H3. The maximum absolute atomic E-state index is 14.3. The molecule has 1 aliphatic rings. The van der Waals surface area contributed by atoms with Crippen LogP contribution in [0.25, 0.3) is 0 Å². The summed E-state index contributed by atoms with van der Waals surface area (Å²) < 4.78 is 28.5. The number of hydrogen-bond acceptors (Lipinski definition) is 1. The normalized spacial score (nSPS) is 35.8. The first-order valence-electron chi connectivity index (χ1n) is 7.94. The van der Waals surface area contributed by atoms with Gasteiger partial charge in [-0.05, 0) is 26.7 Å². The molecule has 4 unspecified atom stereocenters. The van der Waals surface area contributed by atoms with Gasteiger partial charge in [-0.25, -0.2) is 8.78 Å². The highest BCUT2D eigenvalue weighted by Gasteiger charge is 2.54. The summed E-state index contributed by atoms with van der Waals surface area (Å²) in [5, 5.41) is 0. The van der Waals surface area contributed by atoms with Gasteiger partial charge < -0.3 is 0 Å². The third-order valence-electron chi connectivity index (χ3n) is 5.27. The summed E-state index contributed by atoms with van der Waals surface area (Å²) in [6.07, 6.45) is 4.49. The van der Waals surface area contributed by atoms with Gasteiger partial charge in [0.25, 0.3) is 5.92 Å². The van der Waals surface area contributed by atoms with E-state index in [1.165, 1.54) is 0 Å². The third kappa shape index (κ3) is 3.12. The lowest BCUT2D eigenvalue weighted by Crippen LogP contribution is -2.63. The lowest BCUT2D eigenvalue weighted by molar-refractivity contribution is -0.188. The minimum Gasteiger partial charge on any atom is -0.294 e. The van der Waals surface area contributed by atoms with E-state index in [0.717, 1.165) is 25.7 Å². The fraction of sp³-hybridized carbons (Fsp3) is 1.00. The monoisotopic (exact) mass is 275 g/mol. The number of hydrogen-bond donors (Lipinski definition) is 0. The van der Waals surface area contributed by atoms with E-state index in [2.05, 4.69) is 18.7 Å². The molecule has 0 saturated carbocycles. The van der Waals surface area contributed by atoms with Crippen LogP contribution in [-0.2, 0) is 0 Å². The molecule has 0 radical (unpaired) electrons. The van der Waals surface area contributed by atoms with E-state index >= 15 is 0 Å². The van der Waals surface area contributed by atoms with Crippen molar-refractivity contribution < 1.29 is 8.78 Å². The number of alkyl halides is 2. The summed E-state index contributed by atoms with van der Waals surface area (Å²) >= 11 is 0. The van der Waals surface area contributed by atoms with Crippen LogP contribution in [0.1, 0.15) is 67.2 Å². The molecule has 0 N–H and O–H groups in total. The molecule has 3 heteroatoms. The number of nitrogens with zero attached hydrogens (tertiary/aromatic N) is 1. The van der Waals surface area contributed by atoms with Crippen molar-refractivity contribution >= 4 is 0 Å². The highest BCUT2D eigenvalue weighted by Crippen LogP contribution is 2.45. The first-order valence-corrected chi connectivity index (χ1v) is 7.94. The Morgan fingerprint density at radius 2 is 1.26 bits per heavy atom. The molecule has 0 bridgehead atoms. The zero-order valence-electron chi connectivity index (χ0n) is 13.4. The summed E-state index contributed by atoms with van der Waals surface area (Å²) in [5.41, 5.74) is 0. The predicted octanol–water partition coefficient (Wildman–Crippen LogP) is 4.96. The van der Waals surface area contributed by atoms with Gasteiger partial charge in [-0.1, -0.05) is 40.5 Å². The van der Waals surface area contributed by atoms with Gasteiger partial charge in [0, 0.05) is 30.0 Å². The highest BCUT2D eigenvalue weighted by atomic mass is 19.3. The summed E-state index contributed by atoms with van der Waals surface area (Å²) in [6.45, 7) is 11.8. The lowest BCUT2D eigenvalue weighted by Gasteiger charge is -2.53. The van der Waals surface area contributed by atoms with E-state index in [9.17, 15) is 8.78 Å². The summed E-state index contributed by atoms with van der Waals surface area (Å²) in [4.78, 5) is 2.39. The van der Waals surface area contributed by atoms with Gasteiger partial charge in [-0.2, -0.15) is 0 Å². The zero-order valence-corrected chi connectivity index (χ0v) is 13.4. The Labute approximate surface area is 117 Å². The van der Waals surface area contributed by atoms with Gasteiger partial charge in [0.15, 0.2) is 0 Å². The van der Waals surface area contributed by atoms with Crippen molar-refractivity contribution in [2.45, 2.75) is 91.3 Å². The van der Waals surface area contributed by atoms with Crippen LogP contribution in [0.4, 0.5) is 8.78 Å². The fourth-order valence-electron chi connectivity index (χ4n) is 3.72. The second kappa shape index (κ2) is 6.51. The molecule has 1 rings (SSSR count). The Kier molecular flexibility index (Phi) is 5.78. The second-order valence-corrected chi connectivity index (χ2v) is 6.41. The average Bonchev–Trinajstić information content (AvgIpc) is 2.35. The quantitative estimate of drug-likeness (QED) is 0.686. The van der Waals surface area contributed by atoms with E-state index in [-0.39, 0.29) is 12.1 Å². The van der Waals surface area contributed by atoms with Crippen LogP contribution < -0.4 is 0 Å². The fourth-order valence-corrected chi connectivity index (χ4v) is 3.72. The molecule has 0 spiro atoms. The minimum atomic E-state index is -2.54. The van der Waals surface area contributed by atoms with Crippen LogP contribution in [0.5, 0.6) is 0 Å². The van der Waals surface area contributed by atoms with Crippen molar-refractivity contribution in [3.63, 3.8) is 0 Å². The predicted molar refractivity (Wildman–Crippen MR) is 77.6 cm³/mol. The van der Waals surface area contributed by atoms with Crippen LogP contribution in [0.3, 0.4) is 0 Å². The first-order chi connectivity index (χ1) is 8.78. The number of halogens is 2. The maximum Gasteiger partial charge on any atom is 0.256 e. The molecular formula is C16H31F2N. The van der Waals surface area contributed by atoms with Crippen LogP contribution >= 0.6 is 0 Å². The van der Waals surface area contributed by atoms with Gasteiger partial charge in [-0.15, -0.1) is 0 Å². The molecule has 0 aromatic rings. The van der Waals surface area contributed by atoms with E-state index < -0.39 is 17.8 Å². The maximum atomic E-state index is 14.3. The van der Waals surface area contributed by atoms with Crippen molar-refractivity contribution in [1.29, 1.82) is 0 Å². The molecule has 114 valence electrons. The van der Waals surface area contributed by atoms with Crippen molar-refractivity contribution in [3.8, 4) is 0 Å². The molecule has 0 aromatic heterocycles. The van der Waals surface area contributed by atoms with Crippen molar-refractivity contribution in [1.82, 2.24) is 4.90 Å². The SMILES string of the molecule is CCCC(CCC)N1C(C)C(C)C(F)(F)C(C)C1C. The van der Waals surface area contributed by atoms with E-state index in [1.807, 2.05) is 13.8 Å². The minimum absolute atomic E-state index is 0.0377. The molecule has 1 heterocycles. The summed E-state index contributed by atoms with van der Waals surface area (Å²) in [6, 6.07) is 0.384. The molecule has 1 aliphatic heterocycles. The second-order valence-electron chi connectivity index (χ2n) is 6.41.